The molecule has 4 heteroatoms. The van der Waals surface area contributed by atoms with Crippen molar-refractivity contribution in [2.75, 3.05) is 20.8 Å². The predicted molar refractivity (Wildman–Crippen MR) is 53.3 cm³/mol. The lowest BCUT2D eigenvalue weighted by atomic mass is 9.80. The Labute approximate surface area is 86.5 Å². The molecule has 1 aliphatic carbocycles. The van der Waals surface area contributed by atoms with E-state index in [0.717, 1.165) is 6.42 Å². The summed E-state index contributed by atoms with van der Waals surface area (Å²) in [4.78, 5) is 0. The van der Waals surface area contributed by atoms with Crippen molar-refractivity contribution < 1.29 is 14.2 Å². The molecular weight excluding hydrogens is 179 g/mol. The van der Waals surface area contributed by atoms with E-state index < -0.39 is 0 Å². The van der Waals surface area contributed by atoms with Crippen LogP contribution in [0, 0.1) is 11.8 Å². The Morgan fingerprint density at radius 1 is 1.50 bits per heavy atom. The molecule has 0 aromatic carbocycles. The number of methoxy groups -OCH3 is 2. The normalized spacial score (nSPS) is 51.4. The van der Waals surface area contributed by atoms with Crippen molar-refractivity contribution in [2.45, 2.75) is 31.1 Å². The first-order valence-corrected chi connectivity index (χ1v) is 5.10. The molecule has 3 nitrogen and oxygen atoms in total. The van der Waals surface area contributed by atoms with E-state index in [1.165, 1.54) is 0 Å². The zero-order valence-corrected chi connectivity index (χ0v) is 9.03. The van der Waals surface area contributed by atoms with E-state index in [1.54, 1.807) is 14.2 Å². The lowest BCUT2D eigenvalue weighted by Gasteiger charge is -2.32. The topological polar surface area (TPSA) is 27.7 Å². The first-order chi connectivity index (χ1) is 6.64. The highest BCUT2D eigenvalue weighted by molar-refractivity contribution is 6.11. The van der Waals surface area contributed by atoms with Crippen LogP contribution in [0.4, 0.5) is 0 Å². The fraction of sp³-hybridized carbons (Fsp3) is 1.00. The van der Waals surface area contributed by atoms with Gasteiger partial charge < -0.3 is 14.2 Å². The van der Waals surface area contributed by atoms with Gasteiger partial charge in [0.15, 0.2) is 0 Å². The van der Waals surface area contributed by atoms with E-state index in [0.29, 0.717) is 18.4 Å². The number of rotatable bonds is 3. The quantitative estimate of drug-likeness (QED) is 0.617. The maximum Gasteiger partial charge on any atom is 0.117 e. The largest absolute Gasteiger partial charge is 0.382 e. The van der Waals surface area contributed by atoms with Gasteiger partial charge in [0.1, 0.15) is 13.4 Å². The van der Waals surface area contributed by atoms with Crippen molar-refractivity contribution in [3.8, 4) is 0 Å². The van der Waals surface area contributed by atoms with Crippen molar-refractivity contribution >= 4 is 7.85 Å². The standard InChI is InChI=1S/C10H17BO3/c1-6-4-10(5-12-2)8(13-3)7(6)9(11)14-10/h6-9H,4-5H2,1-3H3/t6?,7-,8?,9+,10+/m0/s1. The number of hydrogen-bond donors (Lipinski definition) is 0. The summed E-state index contributed by atoms with van der Waals surface area (Å²) < 4.78 is 16.5. The van der Waals surface area contributed by atoms with Gasteiger partial charge in [-0.15, -0.1) is 0 Å². The highest BCUT2D eigenvalue weighted by atomic mass is 16.6. The Hall–Kier alpha value is -0.0551. The SMILES string of the molecule is [B][C@@H]1O[C@@]2(COC)CC(C)[C@H]1C2OC. The molecule has 2 aliphatic rings. The maximum absolute atomic E-state index is 5.93. The molecule has 2 unspecified atom stereocenters. The van der Waals surface area contributed by atoms with Crippen LogP contribution in [0.2, 0.25) is 0 Å². The minimum absolute atomic E-state index is 0.0902. The Bertz CT molecular complexity index is 209. The summed E-state index contributed by atoms with van der Waals surface area (Å²) in [5, 5.41) is 0. The van der Waals surface area contributed by atoms with E-state index in [-0.39, 0.29) is 17.7 Å². The second-order valence-corrected chi connectivity index (χ2v) is 4.50. The van der Waals surface area contributed by atoms with Crippen LogP contribution in [0.15, 0.2) is 0 Å². The molecule has 0 aromatic rings. The molecule has 14 heavy (non-hydrogen) atoms. The highest BCUT2D eigenvalue weighted by Crippen LogP contribution is 2.51. The second kappa shape index (κ2) is 3.51. The molecule has 0 amide bonds. The lowest BCUT2D eigenvalue weighted by molar-refractivity contribution is -0.119. The van der Waals surface area contributed by atoms with Crippen molar-refractivity contribution in [1.82, 2.24) is 0 Å². The van der Waals surface area contributed by atoms with E-state index in [9.17, 15) is 0 Å². The summed E-state index contributed by atoms with van der Waals surface area (Å²) >= 11 is 0. The van der Waals surface area contributed by atoms with Crippen LogP contribution >= 0.6 is 0 Å². The van der Waals surface area contributed by atoms with Crippen LogP contribution in [0.25, 0.3) is 0 Å². The fourth-order valence-electron chi connectivity index (χ4n) is 3.20. The van der Waals surface area contributed by atoms with Gasteiger partial charge >= 0.3 is 0 Å². The average molecular weight is 196 g/mol. The van der Waals surface area contributed by atoms with E-state index in [4.69, 9.17) is 22.1 Å². The predicted octanol–water partition coefficient (Wildman–Crippen LogP) is 0.567. The Morgan fingerprint density at radius 2 is 2.21 bits per heavy atom. The molecule has 0 spiro atoms. The van der Waals surface area contributed by atoms with E-state index in [2.05, 4.69) is 6.92 Å². The molecule has 0 aromatic heterocycles. The Balaban J connectivity index is 2.23. The average Bonchev–Trinajstić information content (AvgIpc) is 2.51. The molecule has 1 saturated heterocycles. The van der Waals surface area contributed by atoms with Crippen LogP contribution in [0.5, 0.6) is 0 Å². The molecule has 0 N–H and O–H groups in total. The van der Waals surface area contributed by atoms with Gasteiger partial charge in [-0.2, -0.15) is 0 Å². The van der Waals surface area contributed by atoms with Crippen LogP contribution in [-0.2, 0) is 14.2 Å². The summed E-state index contributed by atoms with van der Waals surface area (Å²) in [7, 11) is 9.34. The van der Waals surface area contributed by atoms with Gasteiger partial charge in [0.25, 0.3) is 0 Å². The van der Waals surface area contributed by atoms with E-state index in [1.807, 2.05) is 0 Å². The number of hydrogen-bond acceptors (Lipinski definition) is 3. The number of fused-ring (bicyclic) bond motifs is 2. The van der Waals surface area contributed by atoms with Gasteiger partial charge in [-0.3, -0.25) is 0 Å². The Morgan fingerprint density at radius 3 is 2.71 bits per heavy atom. The highest BCUT2D eigenvalue weighted by Gasteiger charge is 2.61. The molecule has 5 atom stereocenters. The first-order valence-electron chi connectivity index (χ1n) is 5.10. The van der Waals surface area contributed by atoms with Gasteiger partial charge in [-0.25, -0.2) is 0 Å². The molecule has 78 valence electrons. The molecular formula is C10H17BO3. The molecule has 1 aliphatic heterocycles. The summed E-state index contributed by atoms with van der Waals surface area (Å²) in [6, 6.07) is -0.196. The zero-order chi connectivity index (χ0) is 10.3. The third-order valence-electron chi connectivity index (χ3n) is 3.59. The summed E-state index contributed by atoms with van der Waals surface area (Å²) in [5.74, 6) is 0.869. The van der Waals surface area contributed by atoms with Crippen LogP contribution in [-0.4, -0.2) is 46.4 Å². The lowest BCUT2D eigenvalue weighted by Crippen LogP contribution is -2.43. The minimum Gasteiger partial charge on any atom is -0.382 e. The molecule has 2 radical (unpaired) electrons. The third-order valence-corrected chi connectivity index (χ3v) is 3.59. The molecule has 2 bridgehead atoms. The van der Waals surface area contributed by atoms with Crippen molar-refractivity contribution in [3.63, 3.8) is 0 Å². The first kappa shape index (κ1) is 10.5. The van der Waals surface area contributed by atoms with Gasteiger partial charge in [-0.05, 0) is 12.3 Å². The van der Waals surface area contributed by atoms with Gasteiger partial charge in [0.2, 0.25) is 0 Å². The smallest absolute Gasteiger partial charge is 0.117 e. The molecule has 1 saturated carbocycles. The van der Waals surface area contributed by atoms with Crippen LogP contribution in [0.3, 0.4) is 0 Å². The van der Waals surface area contributed by atoms with Crippen LogP contribution < -0.4 is 0 Å². The monoisotopic (exact) mass is 196 g/mol. The minimum atomic E-state index is -0.299. The zero-order valence-electron chi connectivity index (χ0n) is 9.03. The summed E-state index contributed by atoms with van der Waals surface area (Å²) in [6.07, 6.45) is 1.07. The van der Waals surface area contributed by atoms with Crippen LogP contribution in [0.1, 0.15) is 13.3 Å². The Kier molecular flexibility index (Phi) is 2.62. The molecule has 2 fully saturated rings. The van der Waals surface area contributed by atoms with Gasteiger partial charge in [-0.1, -0.05) is 6.92 Å². The summed E-state index contributed by atoms with van der Waals surface area (Å²) in [5.41, 5.74) is -0.299. The maximum atomic E-state index is 5.93. The number of ether oxygens (including phenoxy) is 3. The van der Waals surface area contributed by atoms with E-state index >= 15 is 0 Å². The second-order valence-electron chi connectivity index (χ2n) is 4.50. The van der Waals surface area contributed by atoms with Gasteiger partial charge in [0, 0.05) is 26.1 Å². The fourth-order valence-corrected chi connectivity index (χ4v) is 3.20. The van der Waals surface area contributed by atoms with Crippen molar-refractivity contribution in [2.24, 2.45) is 11.8 Å². The third kappa shape index (κ3) is 1.24. The summed E-state index contributed by atoms with van der Waals surface area (Å²) in [6.45, 7) is 2.77. The van der Waals surface area contributed by atoms with Crippen molar-refractivity contribution in [1.29, 1.82) is 0 Å². The molecule has 1 heterocycles. The molecule has 2 rings (SSSR count). The van der Waals surface area contributed by atoms with Crippen molar-refractivity contribution in [3.05, 3.63) is 0 Å². The van der Waals surface area contributed by atoms with Gasteiger partial charge in [0.05, 0.1) is 12.7 Å².